The lowest BCUT2D eigenvalue weighted by Gasteiger charge is -2.17. The number of hydrogen-bond donors (Lipinski definition) is 2. The molecule has 2 N–H and O–H groups in total. The van der Waals surface area contributed by atoms with Gasteiger partial charge in [-0.3, -0.25) is 0 Å². The van der Waals surface area contributed by atoms with Crippen LogP contribution in [-0.2, 0) is 22.2 Å². The van der Waals surface area contributed by atoms with Gasteiger partial charge in [0, 0.05) is 0 Å². The third kappa shape index (κ3) is 10.0. The van der Waals surface area contributed by atoms with E-state index in [4.69, 9.17) is 0 Å². The highest BCUT2D eigenvalue weighted by molar-refractivity contribution is 7.80. The standard InChI is InChI=1S/C14H30O4S2/c1-3-5-7-9-13(19(15)16)11-12-14(20(17)18)10-8-6-4-2/h13-14H,3-12H2,1-2H3,(H,15,16)(H,17,18). The van der Waals surface area contributed by atoms with Gasteiger partial charge in [0.15, 0.2) is 22.2 Å². The Morgan fingerprint density at radius 1 is 0.700 bits per heavy atom. The second-order valence-corrected chi connectivity index (χ2v) is 7.80. The first-order valence-corrected chi connectivity index (χ1v) is 10.1. The van der Waals surface area contributed by atoms with Gasteiger partial charge in [-0.1, -0.05) is 52.4 Å². The highest BCUT2D eigenvalue weighted by atomic mass is 32.2. The van der Waals surface area contributed by atoms with Crippen molar-refractivity contribution in [2.75, 3.05) is 0 Å². The van der Waals surface area contributed by atoms with Gasteiger partial charge in [0.05, 0.1) is 10.5 Å². The van der Waals surface area contributed by atoms with E-state index < -0.39 is 22.2 Å². The molecule has 0 spiro atoms. The fourth-order valence-corrected chi connectivity index (χ4v) is 3.72. The molecule has 20 heavy (non-hydrogen) atoms. The zero-order chi connectivity index (χ0) is 15.4. The Hall–Kier alpha value is 0.220. The Labute approximate surface area is 128 Å². The molecule has 0 aliphatic rings. The minimum Gasteiger partial charge on any atom is -0.306 e. The summed E-state index contributed by atoms with van der Waals surface area (Å²) in [5.41, 5.74) is 0. The SMILES string of the molecule is CCCCCC(CCC(CCCCC)S(=O)O)S(=O)O. The molecule has 0 bridgehead atoms. The van der Waals surface area contributed by atoms with Crippen LogP contribution >= 0.6 is 0 Å². The molecule has 0 aliphatic carbocycles. The molecule has 4 atom stereocenters. The van der Waals surface area contributed by atoms with E-state index >= 15 is 0 Å². The molecule has 0 saturated carbocycles. The molecule has 0 aliphatic heterocycles. The summed E-state index contributed by atoms with van der Waals surface area (Å²) >= 11 is -3.65. The minimum absolute atomic E-state index is 0.251. The summed E-state index contributed by atoms with van der Waals surface area (Å²) in [7, 11) is 0. The molecule has 0 rings (SSSR count). The van der Waals surface area contributed by atoms with Crippen molar-refractivity contribution < 1.29 is 17.5 Å². The van der Waals surface area contributed by atoms with E-state index in [0.717, 1.165) is 51.4 Å². The van der Waals surface area contributed by atoms with Gasteiger partial charge < -0.3 is 9.11 Å². The van der Waals surface area contributed by atoms with Crippen LogP contribution in [0.25, 0.3) is 0 Å². The van der Waals surface area contributed by atoms with Crippen molar-refractivity contribution in [1.82, 2.24) is 0 Å². The Morgan fingerprint density at radius 3 is 1.30 bits per heavy atom. The molecule has 122 valence electrons. The summed E-state index contributed by atoms with van der Waals surface area (Å²) in [5.74, 6) is 0. The van der Waals surface area contributed by atoms with Crippen LogP contribution in [0.4, 0.5) is 0 Å². The van der Waals surface area contributed by atoms with Crippen LogP contribution in [-0.4, -0.2) is 28.0 Å². The molecule has 0 fully saturated rings. The Morgan fingerprint density at radius 2 is 1.05 bits per heavy atom. The first-order chi connectivity index (χ1) is 9.52. The fourth-order valence-electron chi connectivity index (χ4n) is 2.31. The summed E-state index contributed by atoms with van der Waals surface area (Å²) in [5, 5.41) is -0.502. The van der Waals surface area contributed by atoms with Gasteiger partial charge in [-0.2, -0.15) is 0 Å². The van der Waals surface area contributed by atoms with Crippen LogP contribution in [0.3, 0.4) is 0 Å². The first kappa shape index (κ1) is 20.2. The van der Waals surface area contributed by atoms with E-state index in [-0.39, 0.29) is 10.5 Å². The highest BCUT2D eigenvalue weighted by Crippen LogP contribution is 2.19. The lowest BCUT2D eigenvalue weighted by atomic mass is 10.0. The van der Waals surface area contributed by atoms with E-state index in [0.29, 0.717) is 12.8 Å². The molecular weight excluding hydrogens is 296 g/mol. The van der Waals surface area contributed by atoms with Crippen molar-refractivity contribution in [2.45, 2.75) is 88.6 Å². The molecule has 4 unspecified atom stereocenters. The predicted octanol–water partition coefficient (Wildman–Crippen LogP) is 4.11. The average molecular weight is 327 g/mol. The summed E-state index contributed by atoms with van der Waals surface area (Å²) in [6, 6.07) is 0. The lowest BCUT2D eigenvalue weighted by molar-refractivity contribution is 0.486. The van der Waals surface area contributed by atoms with Crippen molar-refractivity contribution in [2.24, 2.45) is 0 Å². The number of hydrogen-bond acceptors (Lipinski definition) is 2. The molecule has 6 heteroatoms. The molecular formula is C14H30O4S2. The highest BCUT2D eigenvalue weighted by Gasteiger charge is 2.20. The maximum absolute atomic E-state index is 11.3. The van der Waals surface area contributed by atoms with Gasteiger partial charge in [0.2, 0.25) is 0 Å². The van der Waals surface area contributed by atoms with Gasteiger partial charge in [0.1, 0.15) is 0 Å². The lowest BCUT2D eigenvalue weighted by Crippen LogP contribution is -2.21. The quantitative estimate of drug-likeness (QED) is 0.394. The smallest absolute Gasteiger partial charge is 0.155 e. The summed E-state index contributed by atoms with van der Waals surface area (Å²) < 4.78 is 41.2. The first-order valence-electron chi connectivity index (χ1n) is 7.72. The molecule has 0 aromatic heterocycles. The van der Waals surface area contributed by atoms with Crippen molar-refractivity contribution in [3.63, 3.8) is 0 Å². The third-order valence-electron chi connectivity index (χ3n) is 3.64. The van der Waals surface area contributed by atoms with E-state index in [9.17, 15) is 17.5 Å². The molecule has 0 amide bonds. The van der Waals surface area contributed by atoms with Crippen molar-refractivity contribution in [1.29, 1.82) is 0 Å². The molecule has 0 saturated heterocycles. The van der Waals surface area contributed by atoms with Crippen LogP contribution in [0.2, 0.25) is 0 Å². The zero-order valence-electron chi connectivity index (χ0n) is 12.8. The van der Waals surface area contributed by atoms with E-state index in [1.807, 2.05) is 0 Å². The van der Waals surface area contributed by atoms with Crippen LogP contribution in [0.1, 0.15) is 78.1 Å². The van der Waals surface area contributed by atoms with Gasteiger partial charge in [-0.25, -0.2) is 8.42 Å². The van der Waals surface area contributed by atoms with Crippen molar-refractivity contribution >= 4 is 22.2 Å². The van der Waals surface area contributed by atoms with Gasteiger partial charge in [-0.05, 0) is 25.7 Å². The summed E-state index contributed by atoms with van der Waals surface area (Å²) in [6.07, 6.45) is 8.82. The van der Waals surface area contributed by atoms with Crippen LogP contribution < -0.4 is 0 Å². The summed E-state index contributed by atoms with van der Waals surface area (Å²) in [4.78, 5) is 0. The zero-order valence-corrected chi connectivity index (χ0v) is 14.4. The van der Waals surface area contributed by atoms with E-state index in [1.165, 1.54) is 0 Å². The van der Waals surface area contributed by atoms with Gasteiger partial charge in [0.25, 0.3) is 0 Å². The normalized spacial score (nSPS) is 17.6. The van der Waals surface area contributed by atoms with Crippen LogP contribution in [0.5, 0.6) is 0 Å². The molecule has 0 aromatic carbocycles. The van der Waals surface area contributed by atoms with Crippen molar-refractivity contribution in [3.05, 3.63) is 0 Å². The van der Waals surface area contributed by atoms with Crippen LogP contribution in [0, 0.1) is 0 Å². The second-order valence-electron chi connectivity index (χ2n) is 5.37. The van der Waals surface area contributed by atoms with E-state index in [2.05, 4.69) is 13.8 Å². The van der Waals surface area contributed by atoms with Crippen LogP contribution in [0.15, 0.2) is 0 Å². The molecule has 0 heterocycles. The largest absolute Gasteiger partial charge is 0.306 e. The Kier molecular flexibility index (Phi) is 13.1. The number of rotatable bonds is 13. The van der Waals surface area contributed by atoms with Crippen molar-refractivity contribution in [3.8, 4) is 0 Å². The maximum atomic E-state index is 11.3. The molecule has 0 aromatic rings. The molecule has 4 nitrogen and oxygen atoms in total. The molecule has 0 radical (unpaired) electrons. The summed E-state index contributed by atoms with van der Waals surface area (Å²) in [6.45, 7) is 4.20. The minimum atomic E-state index is -1.82. The Bertz CT molecular complexity index is 256. The maximum Gasteiger partial charge on any atom is 0.155 e. The number of unbranched alkanes of at least 4 members (excludes halogenated alkanes) is 4. The predicted molar refractivity (Wildman–Crippen MR) is 86.6 cm³/mol. The topological polar surface area (TPSA) is 74.6 Å². The third-order valence-corrected chi connectivity index (χ3v) is 5.72. The average Bonchev–Trinajstić information content (AvgIpc) is 2.39. The monoisotopic (exact) mass is 326 g/mol. The van der Waals surface area contributed by atoms with E-state index in [1.54, 1.807) is 0 Å². The Balaban J connectivity index is 4.18. The van der Waals surface area contributed by atoms with Gasteiger partial charge >= 0.3 is 0 Å². The fraction of sp³-hybridized carbons (Fsp3) is 1.00. The van der Waals surface area contributed by atoms with Gasteiger partial charge in [-0.15, -0.1) is 0 Å². The second kappa shape index (κ2) is 12.9.